The quantitative estimate of drug-likeness (QED) is 0.631. The van der Waals surface area contributed by atoms with Gasteiger partial charge in [-0.05, 0) is 63.3 Å². The molecule has 0 radical (unpaired) electrons. The Labute approximate surface area is 179 Å². The van der Waals surface area contributed by atoms with E-state index in [2.05, 4.69) is 24.9 Å². The van der Waals surface area contributed by atoms with Crippen LogP contribution in [-0.2, 0) is 11.2 Å². The van der Waals surface area contributed by atoms with Gasteiger partial charge in [-0.1, -0.05) is 20.3 Å². The predicted molar refractivity (Wildman–Crippen MR) is 117 cm³/mol. The number of methoxy groups -OCH3 is 1. The zero-order valence-electron chi connectivity index (χ0n) is 19.0. The maximum Gasteiger partial charge on any atom is 0.410 e. The Balaban J connectivity index is 1.82. The summed E-state index contributed by atoms with van der Waals surface area (Å²) in [7, 11) is 1.69. The van der Waals surface area contributed by atoms with Gasteiger partial charge in [0.2, 0.25) is 0 Å². The highest BCUT2D eigenvalue weighted by Crippen LogP contribution is 2.36. The average molecular weight is 415 g/mol. The van der Waals surface area contributed by atoms with Gasteiger partial charge in [-0.15, -0.1) is 0 Å². The number of aryl methyl sites for hydroxylation is 1. The number of likely N-dealkylation sites (tertiary alicyclic amines) is 1. The molecule has 6 nitrogen and oxygen atoms in total. The summed E-state index contributed by atoms with van der Waals surface area (Å²) in [4.78, 5) is 19.0. The molecule has 2 heterocycles. The Bertz CT molecular complexity index is 868. The van der Waals surface area contributed by atoms with Gasteiger partial charge in [-0.2, -0.15) is 0 Å². The number of benzene rings is 1. The van der Waals surface area contributed by atoms with E-state index in [0.717, 1.165) is 41.9 Å². The van der Waals surface area contributed by atoms with E-state index in [0.29, 0.717) is 24.9 Å². The third-order valence-electron chi connectivity index (χ3n) is 5.72. The van der Waals surface area contributed by atoms with Crippen molar-refractivity contribution < 1.29 is 18.7 Å². The maximum atomic E-state index is 12.6. The van der Waals surface area contributed by atoms with Gasteiger partial charge in [0.05, 0.1) is 19.2 Å². The largest absolute Gasteiger partial charge is 0.496 e. The molecule has 3 rings (SSSR count). The Morgan fingerprint density at radius 1 is 1.30 bits per heavy atom. The number of hydrogen-bond donors (Lipinski definition) is 0. The molecule has 0 saturated carbocycles. The van der Waals surface area contributed by atoms with Crippen LogP contribution in [0.25, 0.3) is 11.3 Å². The van der Waals surface area contributed by atoms with Crippen molar-refractivity contribution in [2.75, 3.05) is 20.2 Å². The summed E-state index contributed by atoms with van der Waals surface area (Å²) >= 11 is 0. The average Bonchev–Trinajstić information content (AvgIpc) is 3.21. The van der Waals surface area contributed by atoms with Crippen molar-refractivity contribution in [3.63, 3.8) is 0 Å². The Morgan fingerprint density at radius 3 is 2.70 bits per heavy atom. The van der Waals surface area contributed by atoms with E-state index in [1.165, 1.54) is 0 Å². The fourth-order valence-corrected chi connectivity index (χ4v) is 4.06. The molecular formula is C24H34N2O4. The molecule has 1 aliphatic heterocycles. The van der Waals surface area contributed by atoms with Gasteiger partial charge in [0.15, 0.2) is 11.7 Å². The topological polar surface area (TPSA) is 64.8 Å². The number of aromatic nitrogens is 1. The SMILES string of the molecule is CCc1cc(-c2cnc(C3CN(C(=O)OC(C)(C)C)CCC3CC)o2)ccc1OC. The molecule has 6 heteroatoms. The minimum absolute atomic E-state index is 0.0638. The minimum atomic E-state index is -0.504. The number of rotatable bonds is 5. The standard InChI is InChI=1S/C24H34N2O4/c1-7-16-11-12-26(23(27)30-24(3,4)5)15-19(16)22-25-14-21(29-22)18-9-10-20(28-6)17(8-2)13-18/h9-10,13-14,16,19H,7-8,11-12,15H2,1-6H3. The molecule has 0 bridgehead atoms. The molecule has 2 aromatic rings. The summed E-state index contributed by atoms with van der Waals surface area (Å²) in [5.41, 5.74) is 1.61. The molecule has 1 aromatic heterocycles. The van der Waals surface area contributed by atoms with Gasteiger partial charge >= 0.3 is 6.09 Å². The molecule has 164 valence electrons. The number of hydrogen-bond acceptors (Lipinski definition) is 5. The van der Waals surface area contributed by atoms with Crippen molar-refractivity contribution in [3.8, 4) is 17.1 Å². The van der Waals surface area contributed by atoms with Crippen LogP contribution in [0.4, 0.5) is 4.79 Å². The zero-order valence-corrected chi connectivity index (χ0v) is 19.0. The molecule has 1 aliphatic rings. The summed E-state index contributed by atoms with van der Waals surface area (Å²) in [5, 5.41) is 0. The third kappa shape index (κ3) is 4.97. The Kier molecular flexibility index (Phi) is 6.74. The van der Waals surface area contributed by atoms with Crippen molar-refractivity contribution in [3.05, 3.63) is 35.9 Å². The van der Waals surface area contributed by atoms with Crippen molar-refractivity contribution in [2.24, 2.45) is 5.92 Å². The number of nitrogens with zero attached hydrogens (tertiary/aromatic N) is 2. The summed E-state index contributed by atoms with van der Waals surface area (Å²) in [6.07, 6.45) is 4.34. The van der Waals surface area contributed by atoms with Crippen LogP contribution in [0.5, 0.6) is 5.75 Å². The van der Waals surface area contributed by atoms with Crippen molar-refractivity contribution >= 4 is 6.09 Å². The molecule has 2 atom stereocenters. The number of carbonyl (C=O) groups excluding carboxylic acids is 1. The fraction of sp³-hybridized carbons (Fsp3) is 0.583. The van der Waals surface area contributed by atoms with E-state index in [-0.39, 0.29) is 12.0 Å². The van der Waals surface area contributed by atoms with E-state index >= 15 is 0 Å². The monoisotopic (exact) mass is 414 g/mol. The number of piperidine rings is 1. The summed E-state index contributed by atoms with van der Waals surface area (Å²) in [6.45, 7) is 11.2. The van der Waals surface area contributed by atoms with Crippen LogP contribution >= 0.6 is 0 Å². The van der Waals surface area contributed by atoms with E-state index in [1.807, 2.05) is 32.9 Å². The molecule has 0 N–H and O–H groups in total. The van der Waals surface area contributed by atoms with E-state index in [9.17, 15) is 4.79 Å². The molecule has 30 heavy (non-hydrogen) atoms. The van der Waals surface area contributed by atoms with Crippen LogP contribution < -0.4 is 4.74 Å². The van der Waals surface area contributed by atoms with Gasteiger partial charge in [0.1, 0.15) is 11.4 Å². The van der Waals surface area contributed by atoms with Crippen LogP contribution in [0.2, 0.25) is 0 Å². The van der Waals surface area contributed by atoms with Crippen LogP contribution in [0.3, 0.4) is 0 Å². The lowest BCUT2D eigenvalue weighted by Gasteiger charge is -2.37. The first kappa shape index (κ1) is 22.2. The van der Waals surface area contributed by atoms with Crippen LogP contribution in [-0.4, -0.2) is 41.8 Å². The number of carbonyl (C=O) groups is 1. The van der Waals surface area contributed by atoms with Crippen molar-refractivity contribution in [1.29, 1.82) is 0 Å². The Morgan fingerprint density at radius 2 is 2.07 bits per heavy atom. The molecule has 1 fully saturated rings. The minimum Gasteiger partial charge on any atom is -0.496 e. The van der Waals surface area contributed by atoms with E-state index in [1.54, 1.807) is 18.2 Å². The smallest absolute Gasteiger partial charge is 0.410 e. The maximum absolute atomic E-state index is 12.6. The lowest BCUT2D eigenvalue weighted by molar-refractivity contribution is 0.0142. The van der Waals surface area contributed by atoms with Gasteiger partial charge in [0, 0.05) is 18.7 Å². The van der Waals surface area contributed by atoms with Crippen molar-refractivity contribution in [1.82, 2.24) is 9.88 Å². The van der Waals surface area contributed by atoms with Crippen LogP contribution in [0, 0.1) is 5.92 Å². The second-order valence-corrected chi connectivity index (χ2v) is 8.93. The van der Waals surface area contributed by atoms with Crippen molar-refractivity contribution in [2.45, 2.75) is 65.4 Å². The fourth-order valence-electron chi connectivity index (χ4n) is 4.06. The lowest BCUT2D eigenvalue weighted by Crippen LogP contribution is -2.45. The first-order chi connectivity index (χ1) is 14.3. The van der Waals surface area contributed by atoms with E-state index in [4.69, 9.17) is 13.9 Å². The molecular weight excluding hydrogens is 380 g/mol. The first-order valence-electron chi connectivity index (χ1n) is 10.9. The van der Waals surface area contributed by atoms with Crippen LogP contribution in [0.15, 0.2) is 28.8 Å². The van der Waals surface area contributed by atoms with Gasteiger partial charge in [-0.25, -0.2) is 9.78 Å². The summed E-state index contributed by atoms with van der Waals surface area (Å²) in [5.74, 6) is 2.81. The normalized spacial score (nSPS) is 19.6. The summed E-state index contributed by atoms with van der Waals surface area (Å²) in [6, 6.07) is 6.05. The highest BCUT2D eigenvalue weighted by Gasteiger charge is 2.36. The number of oxazole rings is 1. The van der Waals surface area contributed by atoms with Gasteiger partial charge < -0.3 is 18.8 Å². The molecule has 0 aliphatic carbocycles. The molecule has 2 unspecified atom stereocenters. The highest BCUT2D eigenvalue weighted by atomic mass is 16.6. The number of amides is 1. The lowest BCUT2D eigenvalue weighted by atomic mass is 9.83. The van der Waals surface area contributed by atoms with Gasteiger partial charge in [-0.3, -0.25) is 0 Å². The second kappa shape index (κ2) is 9.11. The Hall–Kier alpha value is -2.50. The second-order valence-electron chi connectivity index (χ2n) is 8.93. The summed E-state index contributed by atoms with van der Waals surface area (Å²) < 4.78 is 17.2. The van der Waals surface area contributed by atoms with Gasteiger partial charge in [0.25, 0.3) is 0 Å². The first-order valence-corrected chi connectivity index (χ1v) is 10.9. The van der Waals surface area contributed by atoms with Crippen LogP contribution in [0.1, 0.15) is 64.8 Å². The highest BCUT2D eigenvalue weighted by molar-refractivity contribution is 5.68. The molecule has 1 saturated heterocycles. The zero-order chi connectivity index (χ0) is 21.9. The van der Waals surface area contributed by atoms with E-state index < -0.39 is 5.60 Å². The molecule has 1 amide bonds. The number of ether oxygens (including phenoxy) is 2. The predicted octanol–water partition coefficient (Wildman–Crippen LogP) is 5.66. The molecule has 0 spiro atoms. The third-order valence-corrected chi connectivity index (χ3v) is 5.72. The molecule has 1 aromatic carbocycles.